The molecule has 0 aromatic heterocycles. The van der Waals surface area contributed by atoms with Crippen molar-refractivity contribution in [3.63, 3.8) is 0 Å². The lowest BCUT2D eigenvalue weighted by Crippen LogP contribution is -2.04. The van der Waals surface area contributed by atoms with Gasteiger partial charge in [-0.2, -0.15) is 0 Å². The number of allylic oxidation sites excluding steroid dienone is 5. The predicted molar refractivity (Wildman–Crippen MR) is 87.0 cm³/mol. The molecule has 0 bridgehead atoms. The molecule has 0 radical (unpaired) electrons. The van der Waals surface area contributed by atoms with Gasteiger partial charge in [-0.3, -0.25) is 0 Å². The summed E-state index contributed by atoms with van der Waals surface area (Å²) in [4.78, 5) is 0. The molecule has 0 atom stereocenters. The van der Waals surface area contributed by atoms with E-state index in [1.165, 1.54) is 36.0 Å². The van der Waals surface area contributed by atoms with Crippen molar-refractivity contribution in [2.45, 2.75) is 74.1 Å². The fourth-order valence-electron chi connectivity index (χ4n) is 1.97. The Morgan fingerprint density at radius 2 is 1.50 bits per heavy atom. The highest BCUT2D eigenvalue weighted by atomic mass is 14.2. The maximum atomic E-state index is 4.24. The molecule has 0 fully saturated rings. The lowest BCUT2D eigenvalue weighted by Gasteiger charge is -2.19. The second kappa shape index (κ2) is 12.7. The topological polar surface area (TPSA) is 0 Å². The fourth-order valence-corrected chi connectivity index (χ4v) is 1.97. The summed E-state index contributed by atoms with van der Waals surface area (Å²) < 4.78 is 0. The van der Waals surface area contributed by atoms with E-state index in [2.05, 4.69) is 53.3 Å². The van der Waals surface area contributed by atoms with Crippen LogP contribution in [0, 0.1) is 5.92 Å². The Kier molecular flexibility index (Phi) is 13.8. The molecule has 0 aliphatic heterocycles. The van der Waals surface area contributed by atoms with Gasteiger partial charge in [0.15, 0.2) is 0 Å². The normalized spacial score (nSPS) is 10.8. The molecule has 0 rings (SSSR count). The van der Waals surface area contributed by atoms with Gasteiger partial charge >= 0.3 is 0 Å². The van der Waals surface area contributed by atoms with E-state index in [9.17, 15) is 0 Å². The largest absolute Gasteiger partial charge is 0.0955 e. The van der Waals surface area contributed by atoms with Crippen LogP contribution in [0.3, 0.4) is 0 Å². The van der Waals surface area contributed by atoms with E-state index < -0.39 is 0 Å². The van der Waals surface area contributed by atoms with E-state index >= 15 is 0 Å². The smallest absolute Gasteiger partial charge is 0.0165 e. The van der Waals surface area contributed by atoms with Crippen molar-refractivity contribution in [2.24, 2.45) is 5.92 Å². The average molecular weight is 250 g/mol. The highest BCUT2D eigenvalue weighted by molar-refractivity contribution is 5.34. The number of hydrogen-bond acceptors (Lipinski definition) is 0. The van der Waals surface area contributed by atoms with Crippen molar-refractivity contribution in [1.29, 1.82) is 0 Å². The van der Waals surface area contributed by atoms with Crippen LogP contribution in [0.25, 0.3) is 0 Å². The Hall–Kier alpha value is -0.780. The van der Waals surface area contributed by atoms with E-state index in [1.807, 2.05) is 13.8 Å². The first-order valence-corrected chi connectivity index (χ1v) is 7.59. The average Bonchev–Trinajstić information content (AvgIpc) is 2.36. The van der Waals surface area contributed by atoms with Gasteiger partial charge in [0, 0.05) is 0 Å². The van der Waals surface area contributed by atoms with Gasteiger partial charge in [-0.1, -0.05) is 70.9 Å². The summed E-state index contributed by atoms with van der Waals surface area (Å²) in [5.41, 5.74) is 4.15. The van der Waals surface area contributed by atoms with Crippen LogP contribution in [0.4, 0.5) is 0 Å². The summed E-state index contributed by atoms with van der Waals surface area (Å²) in [7, 11) is 0. The van der Waals surface area contributed by atoms with Gasteiger partial charge in [-0.05, 0) is 44.6 Å². The molecule has 0 aliphatic carbocycles. The molecule has 0 heteroatoms. The van der Waals surface area contributed by atoms with Crippen LogP contribution in [0.1, 0.15) is 74.1 Å². The van der Waals surface area contributed by atoms with Crippen LogP contribution in [0.15, 0.2) is 35.5 Å². The molecule has 0 spiro atoms. The van der Waals surface area contributed by atoms with Gasteiger partial charge in [0.05, 0.1) is 0 Å². The van der Waals surface area contributed by atoms with Gasteiger partial charge in [0.25, 0.3) is 0 Å². The Labute approximate surface area is 116 Å². The first kappa shape index (κ1) is 19.6. The minimum absolute atomic E-state index is 0.676. The predicted octanol–water partition coefficient (Wildman–Crippen LogP) is 6.70. The minimum atomic E-state index is 0.676. The summed E-state index contributed by atoms with van der Waals surface area (Å²) in [6.45, 7) is 19.3. The van der Waals surface area contributed by atoms with Gasteiger partial charge in [0.1, 0.15) is 0 Å². The molecule has 18 heavy (non-hydrogen) atoms. The number of rotatable bonds is 7. The zero-order valence-corrected chi connectivity index (χ0v) is 13.8. The quantitative estimate of drug-likeness (QED) is 0.441. The zero-order valence-electron chi connectivity index (χ0n) is 13.8. The SMILES string of the molecule is C=C(CCC)/C(=C\C=C(C)C)C(CC)CC.CC. The molecule has 0 heterocycles. The van der Waals surface area contributed by atoms with Crippen LogP contribution >= 0.6 is 0 Å². The van der Waals surface area contributed by atoms with Crippen LogP contribution < -0.4 is 0 Å². The third-order valence-corrected chi connectivity index (χ3v) is 2.98. The molecule has 0 aliphatic rings. The first-order valence-electron chi connectivity index (χ1n) is 7.59. The Morgan fingerprint density at radius 3 is 1.83 bits per heavy atom. The Bertz CT molecular complexity index is 258. The third kappa shape index (κ3) is 8.33. The Balaban J connectivity index is 0. The van der Waals surface area contributed by atoms with Crippen LogP contribution in [0.5, 0.6) is 0 Å². The maximum Gasteiger partial charge on any atom is -0.0165 e. The summed E-state index contributed by atoms with van der Waals surface area (Å²) in [5, 5.41) is 0. The highest BCUT2D eigenvalue weighted by Gasteiger charge is 2.11. The minimum Gasteiger partial charge on any atom is -0.0955 e. The van der Waals surface area contributed by atoms with Crippen LogP contribution in [-0.4, -0.2) is 0 Å². The molecule has 106 valence electrons. The van der Waals surface area contributed by atoms with Crippen molar-refractivity contribution in [3.8, 4) is 0 Å². The van der Waals surface area contributed by atoms with Crippen molar-refractivity contribution >= 4 is 0 Å². The third-order valence-electron chi connectivity index (χ3n) is 2.98. The van der Waals surface area contributed by atoms with Crippen LogP contribution in [0.2, 0.25) is 0 Å². The van der Waals surface area contributed by atoms with E-state index in [0.29, 0.717) is 5.92 Å². The van der Waals surface area contributed by atoms with Crippen molar-refractivity contribution < 1.29 is 0 Å². The lowest BCUT2D eigenvalue weighted by molar-refractivity contribution is 0.572. The summed E-state index contributed by atoms with van der Waals surface area (Å²) in [5.74, 6) is 0.676. The fraction of sp³-hybridized carbons (Fsp3) is 0.667. The molecule has 0 N–H and O–H groups in total. The molecule has 0 aromatic rings. The Morgan fingerprint density at radius 1 is 1.00 bits per heavy atom. The summed E-state index contributed by atoms with van der Waals surface area (Å²) in [6, 6.07) is 0. The van der Waals surface area contributed by atoms with Gasteiger partial charge in [-0.15, -0.1) is 0 Å². The molecular formula is C18H34. The van der Waals surface area contributed by atoms with E-state index in [-0.39, 0.29) is 0 Å². The standard InChI is InChI=1S/C16H28.C2H6/c1-7-10-14(6)16(12-11-13(4)5)15(8-2)9-3;1-2/h11-12,15H,6-10H2,1-5H3;1-2H3/b16-12+;. The molecule has 0 nitrogen and oxygen atoms in total. The van der Waals surface area contributed by atoms with E-state index in [0.717, 1.165) is 6.42 Å². The van der Waals surface area contributed by atoms with Crippen molar-refractivity contribution in [2.75, 3.05) is 0 Å². The van der Waals surface area contributed by atoms with Gasteiger partial charge in [0.2, 0.25) is 0 Å². The lowest BCUT2D eigenvalue weighted by atomic mass is 9.86. The second-order valence-corrected chi connectivity index (χ2v) is 4.73. The molecule has 0 saturated carbocycles. The summed E-state index contributed by atoms with van der Waals surface area (Å²) >= 11 is 0. The molecular weight excluding hydrogens is 216 g/mol. The number of hydrogen-bond donors (Lipinski definition) is 0. The first-order chi connectivity index (χ1) is 8.56. The van der Waals surface area contributed by atoms with E-state index in [4.69, 9.17) is 0 Å². The second-order valence-electron chi connectivity index (χ2n) is 4.73. The summed E-state index contributed by atoms with van der Waals surface area (Å²) in [6.07, 6.45) is 9.23. The zero-order chi connectivity index (χ0) is 14.6. The van der Waals surface area contributed by atoms with Gasteiger partial charge < -0.3 is 0 Å². The van der Waals surface area contributed by atoms with Gasteiger partial charge in [-0.25, -0.2) is 0 Å². The monoisotopic (exact) mass is 250 g/mol. The van der Waals surface area contributed by atoms with Crippen LogP contribution in [-0.2, 0) is 0 Å². The maximum absolute atomic E-state index is 4.24. The van der Waals surface area contributed by atoms with Crippen molar-refractivity contribution in [1.82, 2.24) is 0 Å². The van der Waals surface area contributed by atoms with Crippen molar-refractivity contribution in [3.05, 3.63) is 35.5 Å². The molecule has 0 unspecified atom stereocenters. The highest BCUT2D eigenvalue weighted by Crippen LogP contribution is 2.27. The molecule has 0 aromatic carbocycles. The van der Waals surface area contributed by atoms with E-state index in [1.54, 1.807) is 0 Å². The molecule has 0 amide bonds. The molecule has 0 saturated heterocycles.